The van der Waals surface area contributed by atoms with Crippen LogP contribution in [0.2, 0.25) is 0 Å². The van der Waals surface area contributed by atoms with E-state index in [-0.39, 0.29) is 0 Å². The van der Waals surface area contributed by atoms with Crippen LogP contribution >= 0.6 is 0 Å². The predicted octanol–water partition coefficient (Wildman–Crippen LogP) is 0.360. The molecule has 86 valence electrons. The third-order valence-corrected chi connectivity index (χ3v) is 2.67. The number of nitrogens with two attached hydrogens (primary N) is 1. The fraction of sp³-hybridized carbons (Fsp3) is 0.455. The van der Waals surface area contributed by atoms with Crippen LogP contribution in [0, 0.1) is 0 Å². The number of aromatic nitrogens is 4. The highest BCUT2D eigenvalue weighted by molar-refractivity contribution is 4.96. The molecule has 2 N–H and O–H groups in total. The molecule has 0 unspecified atom stereocenters. The van der Waals surface area contributed by atoms with Gasteiger partial charge in [0.2, 0.25) is 0 Å². The molecule has 0 aliphatic heterocycles. The van der Waals surface area contributed by atoms with Crippen molar-refractivity contribution in [1.29, 1.82) is 0 Å². The molecule has 0 bridgehead atoms. The highest BCUT2D eigenvalue weighted by Crippen LogP contribution is 2.02. The zero-order valence-corrected chi connectivity index (χ0v) is 9.50. The molecule has 0 saturated heterocycles. The van der Waals surface area contributed by atoms with Gasteiger partial charge in [-0.1, -0.05) is 0 Å². The molecule has 2 aromatic heterocycles. The van der Waals surface area contributed by atoms with Crippen molar-refractivity contribution >= 4 is 0 Å². The Morgan fingerprint density at radius 3 is 2.56 bits per heavy atom. The molecule has 0 saturated carbocycles. The Balaban J connectivity index is 1.99. The summed E-state index contributed by atoms with van der Waals surface area (Å²) in [5.74, 6) is 2.14. The first-order valence-corrected chi connectivity index (χ1v) is 5.47. The quantitative estimate of drug-likeness (QED) is 0.790. The van der Waals surface area contributed by atoms with E-state index < -0.39 is 0 Å². The molecule has 0 spiro atoms. The minimum absolute atomic E-state index is 0.638. The summed E-state index contributed by atoms with van der Waals surface area (Å²) in [6.45, 7) is 1.54. The number of hydrogen-bond acceptors (Lipinski definition) is 3. The first-order valence-electron chi connectivity index (χ1n) is 5.47. The second-order valence-electron chi connectivity index (χ2n) is 3.78. The summed E-state index contributed by atoms with van der Waals surface area (Å²) in [6, 6.07) is 0. The molecule has 0 radical (unpaired) electrons. The van der Waals surface area contributed by atoms with Gasteiger partial charge in [0.05, 0.1) is 0 Å². The van der Waals surface area contributed by atoms with E-state index in [1.807, 2.05) is 36.4 Å². The van der Waals surface area contributed by atoms with E-state index >= 15 is 0 Å². The maximum atomic E-state index is 5.53. The maximum Gasteiger partial charge on any atom is 0.110 e. The maximum absolute atomic E-state index is 5.53. The largest absolute Gasteiger partial charge is 0.338 e. The fourth-order valence-electron chi connectivity index (χ4n) is 1.76. The molecule has 0 amide bonds. The Hall–Kier alpha value is -1.62. The van der Waals surface area contributed by atoms with Crippen molar-refractivity contribution in [3.05, 3.63) is 36.4 Å². The van der Waals surface area contributed by atoms with Crippen molar-refractivity contribution in [2.75, 3.05) is 6.54 Å². The normalized spacial score (nSPS) is 10.9. The number of rotatable bonds is 5. The summed E-state index contributed by atoms with van der Waals surface area (Å²) in [7, 11) is 2.01. The second-order valence-corrected chi connectivity index (χ2v) is 3.78. The number of nitrogens with zero attached hydrogens (tertiary/aromatic N) is 4. The highest BCUT2D eigenvalue weighted by Gasteiger charge is 2.03. The molecule has 5 heteroatoms. The molecule has 0 fully saturated rings. The number of hydrogen-bond donors (Lipinski definition) is 1. The average molecular weight is 219 g/mol. The van der Waals surface area contributed by atoms with Gasteiger partial charge in [0, 0.05) is 51.2 Å². The predicted molar refractivity (Wildman–Crippen MR) is 61.9 cm³/mol. The Bertz CT molecular complexity index is 443. The lowest BCUT2D eigenvalue weighted by Crippen LogP contribution is -2.12. The van der Waals surface area contributed by atoms with Gasteiger partial charge in [-0.25, -0.2) is 9.97 Å². The molecule has 0 aliphatic carbocycles. The van der Waals surface area contributed by atoms with Crippen LogP contribution in [0.4, 0.5) is 0 Å². The summed E-state index contributed by atoms with van der Waals surface area (Å²) in [5.41, 5.74) is 5.53. The van der Waals surface area contributed by atoms with E-state index in [0.29, 0.717) is 6.54 Å². The number of aryl methyl sites for hydroxylation is 3. The zero-order chi connectivity index (χ0) is 11.4. The lowest BCUT2D eigenvalue weighted by molar-refractivity contribution is 0.619. The van der Waals surface area contributed by atoms with Crippen LogP contribution in [-0.2, 0) is 26.4 Å². The molecular weight excluding hydrogens is 202 g/mol. The smallest absolute Gasteiger partial charge is 0.110 e. The zero-order valence-electron chi connectivity index (χ0n) is 9.50. The molecule has 0 aromatic carbocycles. The Labute approximate surface area is 94.9 Å². The summed E-state index contributed by atoms with van der Waals surface area (Å²) in [4.78, 5) is 8.58. The van der Waals surface area contributed by atoms with Gasteiger partial charge in [-0.2, -0.15) is 0 Å². The van der Waals surface area contributed by atoms with Gasteiger partial charge in [0.25, 0.3) is 0 Å². The third-order valence-electron chi connectivity index (χ3n) is 2.67. The highest BCUT2D eigenvalue weighted by atomic mass is 15.1. The van der Waals surface area contributed by atoms with Gasteiger partial charge in [-0.05, 0) is 6.54 Å². The summed E-state index contributed by atoms with van der Waals surface area (Å²) in [6.07, 6.45) is 9.34. The van der Waals surface area contributed by atoms with Gasteiger partial charge < -0.3 is 14.9 Å². The van der Waals surface area contributed by atoms with Gasteiger partial charge in [-0.15, -0.1) is 0 Å². The fourth-order valence-corrected chi connectivity index (χ4v) is 1.76. The molecule has 0 aliphatic rings. The van der Waals surface area contributed by atoms with Crippen LogP contribution in [0.1, 0.15) is 11.6 Å². The van der Waals surface area contributed by atoms with E-state index in [2.05, 4.69) is 14.5 Å². The molecular formula is C11H17N5. The van der Waals surface area contributed by atoms with Gasteiger partial charge in [0.1, 0.15) is 11.6 Å². The van der Waals surface area contributed by atoms with Crippen molar-refractivity contribution in [3.8, 4) is 0 Å². The van der Waals surface area contributed by atoms with Crippen molar-refractivity contribution in [2.45, 2.75) is 19.4 Å². The lowest BCUT2D eigenvalue weighted by Gasteiger charge is -2.06. The van der Waals surface area contributed by atoms with Gasteiger partial charge in [0.15, 0.2) is 0 Å². The summed E-state index contributed by atoms with van der Waals surface area (Å²) < 4.78 is 4.18. The van der Waals surface area contributed by atoms with Crippen molar-refractivity contribution < 1.29 is 0 Å². The van der Waals surface area contributed by atoms with Crippen molar-refractivity contribution in [3.63, 3.8) is 0 Å². The standard InChI is InChI=1S/C11H17N5/c1-15-8-5-13-10(15)3-7-16-9-6-14-11(16)2-4-12/h5-6,8-9H,2-4,7,12H2,1H3. The minimum atomic E-state index is 0.638. The number of imidazole rings is 2. The van der Waals surface area contributed by atoms with Crippen LogP contribution in [0.25, 0.3) is 0 Å². The van der Waals surface area contributed by atoms with Gasteiger partial charge >= 0.3 is 0 Å². The summed E-state index contributed by atoms with van der Waals surface area (Å²) >= 11 is 0. The molecule has 2 aromatic rings. The van der Waals surface area contributed by atoms with E-state index in [1.165, 1.54) is 0 Å². The van der Waals surface area contributed by atoms with Gasteiger partial charge in [-0.3, -0.25) is 0 Å². The third kappa shape index (κ3) is 2.30. The molecule has 0 atom stereocenters. The topological polar surface area (TPSA) is 61.7 Å². The SMILES string of the molecule is Cn1ccnc1CCn1ccnc1CCN. The first kappa shape index (κ1) is 10.9. The Kier molecular flexibility index (Phi) is 3.36. The van der Waals surface area contributed by atoms with Crippen LogP contribution < -0.4 is 5.73 Å². The van der Waals surface area contributed by atoms with E-state index in [9.17, 15) is 0 Å². The van der Waals surface area contributed by atoms with Crippen molar-refractivity contribution in [1.82, 2.24) is 19.1 Å². The Morgan fingerprint density at radius 2 is 1.88 bits per heavy atom. The Morgan fingerprint density at radius 1 is 1.12 bits per heavy atom. The first-order chi connectivity index (χ1) is 7.81. The molecule has 16 heavy (non-hydrogen) atoms. The van der Waals surface area contributed by atoms with E-state index in [0.717, 1.165) is 31.0 Å². The average Bonchev–Trinajstić information content (AvgIpc) is 2.86. The van der Waals surface area contributed by atoms with Crippen LogP contribution in [-0.4, -0.2) is 25.6 Å². The van der Waals surface area contributed by atoms with Crippen LogP contribution in [0.3, 0.4) is 0 Å². The van der Waals surface area contributed by atoms with Crippen LogP contribution in [0.5, 0.6) is 0 Å². The minimum Gasteiger partial charge on any atom is -0.338 e. The monoisotopic (exact) mass is 219 g/mol. The molecule has 2 heterocycles. The second kappa shape index (κ2) is 4.94. The summed E-state index contributed by atoms with van der Waals surface area (Å²) in [5, 5.41) is 0. The van der Waals surface area contributed by atoms with Crippen molar-refractivity contribution in [2.24, 2.45) is 12.8 Å². The lowest BCUT2D eigenvalue weighted by atomic mass is 10.3. The molecule has 5 nitrogen and oxygen atoms in total. The van der Waals surface area contributed by atoms with E-state index in [4.69, 9.17) is 5.73 Å². The van der Waals surface area contributed by atoms with E-state index in [1.54, 1.807) is 0 Å². The van der Waals surface area contributed by atoms with Crippen LogP contribution in [0.15, 0.2) is 24.8 Å². The molecule has 2 rings (SSSR count).